The number of benzene rings is 7. The zero-order valence-electron chi connectivity index (χ0n) is 23.5. The van der Waals surface area contributed by atoms with Gasteiger partial charge in [-0.3, -0.25) is 0 Å². The molecule has 0 saturated heterocycles. The van der Waals surface area contributed by atoms with Gasteiger partial charge in [-0.25, -0.2) is 0 Å². The third-order valence-corrected chi connectivity index (χ3v) is 8.56. The smallest absolute Gasteiger partial charge is 0.0541 e. The molecule has 0 saturated carbocycles. The van der Waals surface area contributed by atoms with Crippen LogP contribution in [-0.2, 0) is 0 Å². The lowest BCUT2D eigenvalue weighted by atomic mass is 9.91. The van der Waals surface area contributed by atoms with Crippen LogP contribution < -0.4 is 5.32 Å². The van der Waals surface area contributed by atoms with Crippen molar-refractivity contribution in [3.05, 3.63) is 151 Å². The van der Waals surface area contributed by atoms with Crippen LogP contribution in [-0.4, -0.2) is 18.2 Å². The van der Waals surface area contributed by atoms with Crippen molar-refractivity contribution in [1.82, 2.24) is 9.88 Å². The van der Waals surface area contributed by atoms with Gasteiger partial charge in [-0.2, -0.15) is 0 Å². The van der Waals surface area contributed by atoms with Crippen LogP contribution in [0.4, 0.5) is 0 Å². The van der Waals surface area contributed by atoms with Crippen molar-refractivity contribution in [1.29, 1.82) is 0 Å². The summed E-state index contributed by atoms with van der Waals surface area (Å²) in [5.41, 5.74) is 7.24. The van der Waals surface area contributed by atoms with Crippen LogP contribution >= 0.6 is 0 Å². The van der Waals surface area contributed by atoms with Crippen LogP contribution in [0.15, 0.2) is 146 Å². The molecule has 8 rings (SSSR count). The zero-order chi connectivity index (χ0) is 28.0. The minimum Gasteiger partial charge on any atom is -0.316 e. The summed E-state index contributed by atoms with van der Waals surface area (Å²) in [7, 11) is 2.00. The molecule has 0 aliphatic heterocycles. The molecule has 0 spiro atoms. The van der Waals surface area contributed by atoms with Gasteiger partial charge in [0.15, 0.2) is 0 Å². The molecule has 7 aromatic carbocycles. The summed E-state index contributed by atoms with van der Waals surface area (Å²) in [5, 5.41) is 13.7. The summed E-state index contributed by atoms with van der Waals surface area (Å²) in [4.78, 5) is 0. The highest BCUT2D eigenvalue weighted by atomic mass is 15.0. The molecule has 0 fully saturated rings. The molecule has 0 amide bonds. The molecule has 1 aromatic heterocycles. The fraction of sp³-hybridized carbons (Fsp3) is 0.0500. The molecule has 0 bridgehead atoms. The lowest BCUT2D eigenvalue weighted by Crippen LogP contribution is -2.08. The third kappa shape index (κ3) is 3.84. The minimum atomic E-state index is 0.773. The Morgan fingerprint density at radius 2 is 1.00 bits per heavy atom. The monoisotopic (exact) mass is 538 g/mol. The van der Waals surface area contributed by atoms with Crippen molar-refractivity contribution in [2.24, 2.45) is 0 Å². The van der Waals surface area contributed by atoms with Crippen molar-refractivity contribution >= 4 is 59.8 Å². The molecule has 0 atom stereocenters. The third-order valence-electron chi connectivity index (χ3n) is 8.56. The van der Waals surface area contributed by atoms with E-state index in [0.717, 1.165) is 6.54 Å². The molecule has 8 aromatic rings. The maximum Gasteiger partial charge on any atom is 0.0541 e. The quantitative estimate of drug-likeness (QED) is 0.216. The molecule has 200 valence electrons. The van der Waals surface area contributed by atoms with E-state index in [1.54, 1.807) is 0 Å². The summed E-state index contributed by atoms with van der Waals surface area (Å²) in [5.74, 6) is 0. The van der Waals surface area contributed by atoms with Crippen LogP contribution in [0.1, 0.15) is 5.56 Å². The summed E-state index contributed by atoms with van der Waals surface area (Å²) < 4.78 is 2.42. The lowest BCUT2D eigenvalue weighted by molar-refractivity contribution is 0.916. The number of likely N-dealkylation sites (N-methyl/N-ethyl adjacent to an activating group) is 1. The normalized spacial score (nSPS) is 12.3. The van der Waals surface area contributed by atoms with Gasteiger partial charge in [0, 0.05) is 17.3 Å². The molecule has 1 N–H and O–H groups in total. The van der Waals surface area contributed by atoms with E-state index in [9.17, 15) is 0 Å². The molecule has 2 heteroatoms. The van der Waals surface area contributed by atoms with E-state index < -0.39 is 0 Å². The van der Waals surface area contributed by atoms with E-state index >= 15 is 0 Å². The van der Waals surface area contributed by atoms with Gasteiger partial charge < -0.3 is 9.88 Å². The Hall–Kier alpha value is -5.18. The van der Waals surface area contributed by atoms with Gasteiger partial charge in [-0.05, 0) is 86.4 Å². The number of nitrogens with one attached hydrogen (secondary N) is 1. The molecule has 0 aliphatic rings. The number of nitrogens with zero attached hydrogens (tertiary/aromatic N) is 1. The van der Waals surface area contributed by atoms with Gasteiger partial charge in [0.25, 0.3) is 0 Å². The Morgan fingerprint density at radius 3 is 1.60 bits per heavy atom. The molecule has 0 radical (unpaired) electrons. The number of para-hydroxylation sites is 2. The first-order valence-electron chi connectivity index (χ1n) is 14.6. The van der Waals surface area contributed by atoms with Crippen molar-refractivity contribution in [3.63, 3.8) is 0 Å². The first-order valence-corrected chi connectivity index (χ1v) is 14.6. The van der Waals surface area contributed by atoms with E-state index in [-0.39, 0.29) is 0 Å². The van der Waals surface area contributed by atoms with Crippen LogP contribution in [0.2, 0.25) is 0 Å². The standard InChI is InChI=1S/C40H30N2/c1-41-24-23-38(42-39-19-8-6-17-35(39)36-18-7-9-20-40(36)42)29-12-10-11-27(25-29)28-21-22-34-32-15-3-2-13-30(32)31-14-4-5-16-33(31)37(34)26-28/h2-23,25-26,41H,24H2,1H3/b38-23-. The van der Waals surface area contributed by atoms with Gasteiger partial charge in [0.05, 0.1) is 16.7 Å². The van der Waals surface area contributed by atoms with Gasteiger partial charge >= 0.3 is 0 Å². The summed E-state index contributed by atoms with van der Waals surface area (Å²) >= 11 is 0. The maximum atomic E-state index is 3.33. The second-order valence-corrected chi connectivity index (χ2v) is 10.9. The van der Waals surface area contributed by atoms with Gasteiger partial charge in [0.1, 0.15) is 0 Å². The zero-order valence-corrected chi connectivity index (χ0v) is 23.5. The summed E-state index contributed by atoms with van der Waals surface area (Å²) in [6.07, 6.45) is 2.30. The highest BCUT2D eigenvalue weighted by Crippen LogP contribution is 2.38. The largest absolute Gasteiger partial charge is 0.316 e. The molecule has 2 nitrogen and oxygen atoms in total. The van der Waals surface area contributed by atoms with Crippen molar-refractivity contribution in [2.45, 2.75) is 0 Å². The van der Waals surface area contributed by atoms with Crippen LogP contribution in [0, 0.1) is 0 Å². The second kappa shape index (κ2) is 10.0. The van der Waals surface area contributed by atoms with Crippen molar-refractivity contribution in [2.75, 3.05) is 13.6 Å². The van der Waals surface area contributed by atoms with E-state index in [2.05, 4.69) is 155 Å². The highest BCUT2D eigenvalue weighted by Gasteiger charge is 2.16. The number of hydrogen-bond donors (Lipinski definition) is 1. The van der Waals surface area contributed by atoms with Crippen LogP contribution in [0.25, 0.3) is 70.9 Å². The average molecular weight is 539 g/mol. The SMILES string of the molecule is CNC/C=C(/c1cccc(-c2ccc3c4ccccc4c4ccccc4c3c2)c1)n1c2ccccc2c2ccccc21. The van der Waals surface area contributed by atoms with Crippen LogP contribution in [0.5, 0.6) is 0 Å². The fourth-order valence-electron chi connectivity index (χ4n) is 6.66. The lowest BCUT2D eigenvalue weighted by Gasteiger charge is -2.16. The maximum absolute atomic E-state index is 3.33. The molecular weight excluding hydrogens is 508 g/mol. The minimum absolute atomic E-state index is 0.773. The molecule has 0 aliphatic carbocycles. The predicted molar refractivity (Wildman–Crippen MR) is 181 cm³/mol. The first kappa shape index (κ1) is 24.6. The van der Waals surface area contributed by atoms with E-state index in [4.69, 9.17) is 0 Å². The molecule has 1 heterocycles. The van der Waals surface area contributed by atoms with E-state index in [1.807, 2.05) is 7.05 Å². The topological polar surface area (TPSA) is 17.0 Å². The van der Waals surface area contributed by atoms with Crippen molar-refractivity contribution in [3.8, 4) is 11.1 Å². The Morgan fingerprint density at radius 1 is 0.500 bits per heavy atom. The van der Waals surface area contributed by atoms with Gasteiger partial charge in [0.2, 0.25) is 0 Å². The predicted octanol–water partition coefficient (Wildman–Crippen LogP) is 10.0. The summed E-state index contributed by atoms with van der Waals surface area (Å²) in [6, 6.07) is 50.9. The number of rotatable bonds is 5. The molecule has 42 heavy (non-hydrogen) atoms. The highest BCUT2D eigenvalue weighted by molar-refractivity contribution is 6.25. The Kier molecular flexibility index (Phi) is 5.87. The van der Waals surface area contributed by atoms with Crippen molar-refractivity contribution < 1.29 is 0 Å². The Balaban J connectivity index is 1.34. The number of aromatic nitrogens is 1. The fourth-order valence-corrected chi connectivity index (χ4v) is 6.66. The van der Waals surface area contributed by atoms with Crippen LogP contribution in [0.3, 0.4) is 0 Å². The Bertz CT molecular complexity index is 2230. The summed E-state index contributed by atoms with van der Waals surface area (Å²) in [6.45, 7) is 0.773. The van der Waals surface area contributed by atoms with Gasteiger partial charge in [-0.1, -0.05) is 115 Å². The van der Waals surface area contributed by atoms with Gasteiger partial charge in [-0.15, -0.1) is 0 Å². The Labute approximate surface area is 245 Å². The first-order chi connectivity index (χ1) is 20.8. The second-order valence-electron chi connectivity index (χ2n) is 10.9. The van der Waals surface area contributed by atoms with E-state index in [1.165, 1.54) is 76.5 Å². The molecule has 0 unspecified atom stereocenters. The molecular formula is C40H30N2. The van der Waals surface area contributed by atoms with E-state index in [0.29, 0.717) is 0 Å². The number of fused-ring (bicyclic) bond motifs is 9. The average Bonchev–Trinajstić information content (AvgIpc) is 3.39. The number of hydrogen-bond acceptors (Lipinski definition) is 1.